The first-order chi connectivity index (χ1) is 2.81. The predicted octanol–water partition coefficient (Wildman–Crippen LogP) is -1.77. The molecule has 0 amide bonds. The van der Waals surface area contributed by atoms with E-state index in [1.165, 1.54) is 0 Å². The van der Waals surface area contributed by atoms with Crippen molar-refractivity contribution in [3.8, 4) is 0 Å². The zero-order valence-electron chi connectivity index (χ0n) is 5.72. The maximum atomic E-state index is 8.21. The van der Waals surface area contributed by atoms with Crippen LogP contribution in [0.4, 0.5) is 0 Å². The first kappa shape index (κ1) is 23.2. The van der Waals surface area contributed by atoms with Crippen LogP contribution in [0.2, 0.25) is 0 Å². The lowest BCUT2D eigenvalue weighted by molar-refractivity contribution is 0.263. The van der Waals surface area contributed by atoms with Gasteiger partial charge < -0.3 is 27.9 Å². The molecule has 10 N–H and O–H groups in total. The monoisotopic (exact) mass is 142 g/mol. The molecular weight excluding hydrogens is 124 g/mol. The average molecular weight is 142 g/mol. The average Bonchev–Trinajstić information content (AvgIpc) is 1.65. The Balaban J connectivity index is -0.0000000417. The van der Waals surface area contributed by atoms with Crippen molar-refractivity contribution < 1.29 is 16.1 Å². The minimum Gasteiger partial charge on any atom is -0.412 e. The fraction of sp³-hybridized carbons (Fsp3) is 1.00. The van der Waals surface area contributed by atoms with Gasteiger partial charge in [0.25, 0.3) is 0 Å². The van der Waals surface area contributed by atoms with E-state index in [0.717, 1.165) is 6.42 Å². The topological polar surface area (TPSA) is 144 Å². The Labute approximate surface area is 55.1 Å². The summed E-state index contributed by atoms with van der Waals surface area (Å²) in [5.41, 5.74) is 5.22. The number of nitrogens with two attached hydrogens (primary N) is 1. The second kappa shape index (κ2) is 15.7. The first-order valence-corrected chi connectivity index (χ1v) is 2.17. The molecule has 0 fully saturated rings. The molecule has 0 saturated heterocycles. The molecular formula is C4H18N2O3. The molecule has 0 rings (SSSR count). The number of hydrogen-bond donors (Lipinski definition) is 3. The maximum Gasteiger partial charge on any atom is 0.0582 e. The van der Waals surface area contributed by atoms with Gasteiger partial charge in [0, 0.05) is 6.04 Å². The van der Waals surface area contributed by atoms with Crippen LogP contribution in [0.15, 0.2) is 0 Å². The van der Waals surface area contributed by atoms with Gasteiger partial charge in [0.1, 0.15) is 0 Å². The molecule has 0 aromatic heterocycles. The van der Waals surface area contributed by atoms with Crippen molar-refractivity contribution >= 4 is 0 Å². The third-order valence-electron chi connectivity index (χ3n) is 0.759. The number of aliphatic hydroxyl groups is 1. The highest BCUT2D eigenvalue weighted by Crippen LogP contribution is 1.79. The molecule has 62 valence electrons. The Morgan fingerprint density at radius 2 is 1.78 bits per heavy atom. The molecule has 0 heterocycles. The van der Waals surface area contributed by atoms with Crippen LogP contribution in [0.1, 0.15) is 13.3 Å². The van der Waals surface area contributed by atoms with Crippen molar-refractivity contribution in [1.29, 1.82) is 0 Å². The molecule has 5 heteroatoms. The summed E-state index contributed by atoms with van der Waals surface area (Å²) in [6, 6.07) is -0.00926. The molecule has 0 aliphatic carbocycles. The summed E-state index contributed by atoms with van der Waals surface area (Å²) in [5, 5.41) is 8.21. The van der Waals surface area contributed by atoms with E-state index in [1.807, 2.05) is 6.92 Å². The van der Waals surface area contributed by atoms with Crippen LogP contribution in [-0.4, -0.2) is 28.7 Å². The van der Waals surface area contributed by atoms with Crippen LogP contribution in [0.25, 0.3) is 0 Å². The Bertz CT molecular complexity index is 33.0. The van der Waals surface area contributed by atoms with E-state index >= 15 is 0 Å². The van der Waals surface area contributed by atoms with Gasteiger partial charge >= 0.3 is 0 Å². The number of rotatable bonds is 2. The highest BCUT2D eigenvalue weighted by molar-refractivity contribution is 4.51. The smallest absolute Gasteiger partial charge is 0.0582 e. The van der Waals surface area contributed by atoms with Gasteiger partial charge in [-0.2, -0.15) is 0 Å². The van der Waals surface area contributed by atoms with Gasteiger partial charge in [-0.3, -0.25) is 0 Å². The van der Waals surface area contributed by atoms with Gasteiger partial charge in [-0.1, -0.05) is 6.92 Å². The zero-order valence-corrected chi connectivity index (χ0v) is 5.72. The second-order valence-electron chi connectivity index (χ2n) is 1.35. The van der Waals surface area contributed by atoms with Crippen LogP contribution in [0, 0.1) is 0 Å². The fourth-order valence-electron chi connectivity index (χ4n) is 0.129. The van der Waals surface area contributed by atoms with Gasteiger partial charge in [0.05, 0.1) is 6.61 Å². The molecule has 0 bridgehead atoms. The van der Waals surface area contributed by atoms with Crippen molar-refractivity contribution in [2.45, 2.75) is 19.4 Å². The lowest BCUT2D eigenvalue weighted by Crippen LogP contribution is -2.22. The molecule has 0 spiro atoms. The lowest BCUT2D eigenvalue weighted by atomic mass is 10.3. The van der Waals surface area contributed by atoms with Crippen molar-refractivity contribution in [2.24, 2.45) is 5.73 Å². The Morgan fingerprint density at radius 1 is 1.44 bits per heavy atom. The lowest BCUT2D eigenvalue weighted by Gasteiger charge is -1.98. The van der Waals surface area contributed by atoms with Gasteiger partial charge in [-0.15, -0.1) is 0 Å². The van der Waals surface area contributed by atoms with Gasteiger partial charge in [-0.05, 0) is 6.42 Å². The predicted molar refractivity (Wildman–Crippen MR) is 37.6 cm³/mol. The van der Waals surface area contributed by atoms with Crippen LogP contribution in [0.5, 0.6) is 0 Å². The van der Waals surface area contributed by atoms with E-state index in [1.54, 1.807) is 0 Å². The standard InChI is InChI=1S/C4H11NO.H3N.2H2O/c1-2-4(5)3-6;;;/h4,6H,2-3,5H2,1H3;1H3;2*1H2. The van der Waals surface area contributed by atoms with E-state index in [9.17, 15) is 0 Å². The van der Waals surface area contributed by atoms with Gasteiger partial charge in [0.15, 0.2) is 0 Å². The van der Waals surface area contributed by atoms with Crippen LogP contribution in [0.3, 0.4) is 0 Å². The third kappa shape index (κ3) is 18.2. The van der Waals surface area contributed by atoms with Crippen LogP contribution in [-0.2, 0) is 0 Å². The molecule has 0 aromatic rings. The Hall–Kier alpha value is -0.200. The Kier molecular flexibility index (Phi) is 40.4. The molecule has 0 aromatic carbocycles. The van der Waals surface area contributed by atoms with Gasteiger partial charge in [-0.25, -0.2) is 0 Å². The van der Waals surface area contributed by atoms with E-state index in [0.29, 0.717) is 0 Å². The highest BCUT2D eigenvalue weighted by Gasteiger charge is 1.90. The molecule has 0 aliphatic rings. The quantitative estimate of drug-likeness (QED) is 0.419. The van der Waals surface area contributed by atoms with Crippen molar-refractivity contribution in [3.63, 3.8) is 0 Å². The minimum absolute atomic E-state index is 0. The van der Waals surface area contributed by atoms with E-state index < -0.39 is 0 Å². The van der Waals surface area contributed by atoms with E-state index in [4.69, 9.17) is 10.8 Å². The molecule has 0 saturated carbocycles. The van der Waals surface area contributed by atoms with Crippen LogP contribution < -0.4 is 11.9 Å². The van der Waals surface area contributed by atoms with Crippen molar-refractivity contribution in [3.05, 3.63) is 0 Å². The summed E-state index contributed by atoms with van der Waals surface area (Å²) in [4.78, 5) is 0. The number of aliphatic hydroxyl groups excluding tert-OH is 1. The largest absolute Gasteiger partial charge is 0.412 e. The molecule has 0 aliphatic heterocycles. The van der Waals surface area contributed by atoms with Crippen LogP contribution >= 0.6 is 0 Å². The normalized spacial score (nSPS) is 9.67. The summed E-state index contributed by atoms with van der Waals surface area (Å²) in [5.74, 6) is 0. The summed E-state index contributed by atoms with van der Waals surface area (Å²) < 4.78 is 0. The summed E-state index contributed by atoms with van der Waals surface area (Å²) >= 11 is 0. The summed E-state index contributed by atoms with van der Waals surface area (Å²) in [6.07, 6.45) is 0.858. The third-order valence-corrected chi connectivity index (χ3v) is 0.759. The van der Waals surface area contributed by atoms with E-state index in [2.05, 4.69) is 0 Å². The van der Waals surface area contributed by atoms with Crippen molar-refractivity contribution in [2.75, 3.05) is 6.61 Å². The molecule has 0 radical (unpaired) electrons. The van der Waals surface area contributed by atoms with Gasteiger partial charge in [0.2, 0.25) is 0 Å². The Morgan fingerprint density at radius 3 is 1.78 bits per heavy atom. The van der Waals surface area contributed by atoms with Crippen molar-refractivity contribution in [1.82, 2.24) is 6.15 Å². The fourth-order valence-corrected chi connectivity index (χ4v) is 0.129. The first-order valence-electron chi connectivity index (χ1n) is 2.17. The second-order valence-corrected chi connectivity index (χ2v) is 1.35. The minimum atomic E-state index is -0.00926. The highest BCUT2D eigenvalue weighted by atomic mass is 16.3. The summed E-state index contributed by atoms with van der Waals surface area (Å²) in [6.45, 7) is 2.05. The molecule has 1 unspecified atom stereocenters. The maximum absolute atomic E-state index is 8.21. The SMILES string of the molecule is CCC(N)CO.N.O.O. The molecule has 9 heavy (non-hydrogen) atoms. The molecule has 5 nitrogen and oxygen atoms in total. The zero-order chi connectivity index (χ0) is 4.99. The van der Waals surface area contributed by atoms with E-state index in [-0.39, 0.29) is 29.8 Å². The molecule has 1 atom stereocenters. The summed E-state index contributed by atoms with van der Waals surface area (Å²) in [7, 11) is 0. The number of hydrogen-bond acceptors (Lipinski definition) is 3.